The number of amides is 2. The lowest BCUT2D eigenvalue weighted by Crippen LogP contribution is -2.51. The van der Waals surface area contributed by atoms with Crippen molar-refractivity contribution in [1.29, 1.82) is 0 Å². The largest absolute Gasteiger partial charge is 0.453 e. The molecule has 9 nitrogen and oxygen atoms in total. The fourth-order valence-corrected chi connectivity index (χ4v) is 9.78. The van der Waals surface area contributed by atoms with Crippen molar-refractivity contribution in [2.75, 3.05) is 20.7 Å². The van der Waals surface area contributed by atoms with Gasteiger partial charge in [0.05, 0.1) is 31.1 Å². The van der Waals surface area contributed by atoms with E-state index in [1.165, 1.54) is 59.7 Å². The van der Waals surface area contributed by atoms with Gasteiger partial charge in [0, 0.05) is 30.1 Å². The number of allylic oxidation sites excluding steroid dienone is 1. The van der Waals surface area contributed by atoms with Gasteiger partial charge in [0.25, 0.3) is 0 Å². The van der Waals surface area contributed by atoms with Crippen molar-refractivity contribution in [2.24, 2.45) is 22.2 Å². The topological polar surface area (TPSA) is 103 Å². The Bertz CT molecular complexity index is 2130. The first-order valence-corrected chi connectivity index (χ1v) is 19.5. The zero-order valence-corrected chi connectivity index (χ0v) is 31.3. The minimum Gasteiger partial charge on any atom is -0.453 e. The van der Waals surface area contributed by atoms with Crippen LogP contribution >= 0.6 is 0 Å². The van der Waals surface area contributed by atoms with Crippen LogP contribution in [0.15, 0.2) is 78.1 Å². The molecule has 274 valence electrons. The number of benzene rings is 3. The zero-order valence-electron chi connectivity index (χ0n) is 31.3. The van der Waals surface area contributed by atoms with Crippen molar-refractivity contribution in [1.82, 2.24) is 25.1 Å². The van der Waals surface area contributed by atoms with Crippen LogP contribution < -0.4 is 5.32 Å². The highest BCUT2D eigenvalue weighted by Crippen LogP contribution is 2.58. The summed E-state index contributed by atoms with van der Waals surface area (Å²) in [4.78, 5) is 43.9. The van der Waals surface area contributed by atoms with Crippen molar-refractivity contribution in [3.8, 4) is 22.4 Å². The Hall–Kier alpha value is -4.76. The molecule has 9 heteroatoms. The molecule has 53 heavy (non-hydrogen) atoms. The second-order valence-electron chi connectivity index (χ2n) is 16.7. The molecule has 4 heterocycles. The Labute approximate surface area is 311 Å². The highest BCUT2D eigenvalue weighted by Gasteiger charge is 2.55. The standard InChI is InChI=1S/C44H50N6O3/c1-26(2)39(48-43(52)53-4)42(51)50-25-44(17-18-44)22-38(50)41-46-24-37(47-41)32-12-11-30-19-29(9-10-31(30)20-32)27-5-7-28(8-6-27)34-14-16-36(45-23-34)40-33-13-15-35(21-33)49(40)3/h5-12,19-20,23-24,26,33,35,38-40H,13-18,21-22,25H2,1-4H3,(H,46,47)(H,48,52). The molecular weight excluding hydrogens is 661 g/mol. The van der Waals surface area contributed by atoms with E-state index in [2.05, 4.69) is 89.1 Å². The van der Waals surface area contributed by atoms with E-state index in [-0.39, 0.29) is 23.3 Å². The number of piperidine rings is 1. The predicted molar refractivity (Wildman–Crippen MR) is 209 cm³/mol. The van der Waals surface area contributed by atoms with E-state index >= 15 is 0 Å². The minimum atomic E-state index is -0.659. The maximum Gasteiger partial charge on any atom is 0.407 e. The molecule has 2 saturated carbocycles. The molecule has 5 atom stereocenters. The summed E-state index contributed by atoms with van der Waals surface area (Å²) < 4.78 is 4.82. The average Bonchev–Trinajstić information content (AvgIpc) is 3.60. The average molecular weight is 711 g/mol. The fraction of sp³-hybridized carbons (Fsp3) is 0.455. The van der Waals surface area contributed by atoms with Crippen molar-refractivity contribution in [3.63, 3.8) is 0 Å². The molecule has 9 rings (SSSR count). The number of hydrogen-bond acceptors (Lipinski definition) is 6. The third kappa shape index (κ3) is 6.26. The molecule has 2 N–H and O–H groups in total. The smallest absolute Gasteiger partial charge is 0.407 e. The number of nitrogens with zero attached hydrogens (tertiary/aromatic N) is 4. The Morgan fingerprint density at radius 1 is 0.943 bits per heavy atom. The van der Waals surface area contributed by atoms with Gasteiger partial charge in [-0.3, -0.25) is 14.7 Å². The molecule has 3 aromatic carbocycles. The van der Waals surface area contributed by atoms with Crippen LogP contribution in [0.5, 0.6) is 0 Å². The number of aromatic nitrogens is 2. The van der Waals surface area contributed by atoms with Crippen LogP contribution in [0.25, 0.3) is 38.7 Å². The summed E-state index contributed by atoms with van der Waals surface area (Å²) in [7, 11) is 3.62. The van der Waals surface area contributed by atoms with Crippen LogP contribution in [0, 0.1) is 17.3 Å². The molecule has 3 aliphatic heterocycles. The maximum absolute atomic E-state index is 13.9. The highest BCUT2D eigenvalue weighted by atomic mass is 16.5. The van der Waals surface area contributed by atoms with Gasteiger partial charge in [0.2, 0.25) is 5.91 Å². The number of carbonyl (C=O) groups excluding carboxylic acids is 2. The molecule has 5 aliphatic rings. The number of rotatable bonds is 8. The first kappa shape index (κ1) is 34.0. The molecule has 2 aliphatic carbocycles. The van der Waals surface area contributed by atoms with Gasteiger partial charge in [0.1, 0.15) is 11.9 Å². The van der Waals surface area contributed by atoms with Gasteiger partial charge in [-0.05, 0) is 121 Å². The fourth-order valence-electron chi connectivity index (χ4n) is 9.78. The molecule has 1 aromatic heterocycles. The van der Waals surface area contributed by atoms with E-state index < -0.39 is 12.1 Å². The molecule has 2 bridgehead atoms. The summed E-state index contributed by atoms with van der Waals surface area (Å²) in [5, 5.41) is 5.10. The number of alkyl carbamates (subject to hydrolysis) is 1. The molecule has 2 amide bonds. The summed E-state index contributed by atoms with van der Waals surface area (Å²) in [5.74, 6) is 1.43. The number of aromatic amines is 1. The number of aliphatic imine (C=N–C) groups is 1. The van der Waals surface area contributed by atoms with E-state index in [0.717, 1.165) is 66.5 Å². The van der Waals surface area contributed by atoms with Gasteiger partial charge >= 0.3 is 6.09 Å². The summed E-state index contributed by atoms with van der Waals surface area (Å²) >= 11 is 0. The van der Waals surface area contributed by atoms with E-state index in [1.807, 2.05) is 24.9 Å². The van der Waals surface area contributed by atoms with Crippen molar-refractivity contribution in [3.05, 3.63) is 84.4 Å². The molecular formula is C44H50N6O3. The minimum absolute atomic E-state index is 0.0791. The predicted octanol–water partition coefficient (Wildman–Crippen LogP) is 8.39. The second-order valence-corrected chi connectivity index (χ2v) is 16.7. The Kier molecular flexibility index (Phi) is 8.52. The summed E-state index contributed by atoms with van der Waals surface area (Å²) in [5.41, 5.74) is 8.50. The molecule has 1 spiro atoms. The van der Waals surface area contributed by atoms with Gasteiger partial charge in [-0.2, -0.15) is 0 Å². The first-order valence-electron chi connectivity index (χ1n) is 19.5. The lowest BCUT2D eigenvalue weighted by Gasteiger charge is -2.33. The van der Waals surface area contributed by atoms with Gasteiger partial charge in [0.15, 0.2) is 0 Å². The highest BCUT2D eigenvalue weighted by molar-refractivity contribution is 5.94. The number of hydrogen-bond donors (Lipinski definition) is 2. The Morgan fingerprint density at radius 2 is 1.66 bits per heavy atom. The monoisotopic (exact) mass is 710 g/mol. The van der Waals surface area contributed by atoms with E-state index in [0.29, 0.717) is 12.6 Å². The van der Waals surface area contributed by atoms with Crippen LogP contribution in [0.1, 0.15) is 82.6 Å². The quantitative estimate of drug-likeness (QED) is 0.191. The van der Waals surface area contributed by atoms with Gasteiger partial charge < -0.3 is 19.9 Å². The van der Waals surface area contributed by atoms with Crippen molar-refractivity contribution >= 4 is 34.1 Å². The van der Waals surface area contributed by atoms with Crippen LogP contribution in [-0.2, 0) is 9.53 Å². The molecule has 2 saturated heterocycles. The number of H-pyrrole nitrogens is 1. The third-order valence-corrected chi connectivity index (χ3v) is 13.1. The van der Waals surface area contributed by atoms with Crippen LogP contribution in [0.4, 0.5) is 4.79 Å². The number of fused-ring (bicyclic) bond motifs is 3. The normalized spacial score (nSPS) is 25.2. The van der Waals surface area contributed by atoms with Crippen LogP contribution in [-0.4, -0.2) is 76.3 Å². The summed E-state index contributed by atoms with van der Waals surface area (Å²) in [6, 6.07) is 22.6. The van der Waals surface area contributed by atoms with Gasteiger partial charge in [-0.15, -0.1) is 0 Å². The third-order valence-electron chi connectivity index (χ3n) is 13.1. The number of likely N-dealkylation sites (tertiary alicyclic amines) is 2. The van der Waals surface area contributed by atoms with E-state index in [1.54, 1.807) is 0 Å². The van der Waals surface area contributed by atoms with Crippen LogP contribution in [0.2, 0.25) is 0 Å². The number of imidazole rings is 1. The summed E-state index contributed by atoms with van der Waals surface area (Å²) in [6.45, 7) is 4.57. The van der Waals surface area contributed by atoms with Crippen molar-refractivity contribution in [2.45, 2.75) is 89.4 Å². The lowest BCUT2D eigenvalue weighted by molar-refractivity contribution is -0.135. The molecule has 5 unspecified atom stereocenters. The lowest BCUT2D eigenvalue weighted by atomic mass is 9.89. The van der Waals surface area contributed by atoms with E-state index in [4.69, 9.17) is 14.7 Å². The molecule has 0 radical (unpaired) electrons. The second kappa shape index (κ2) is 13.3. The molecule has 4 fully saturated rings. The number of ether oxygens (including phenoxy) is 1. The Morgan fingerprint density at radius 3 is 2.32 bits per heavy atom. The van der Waals surface area contributed by atoms with Crippen LogP contribution in [0.3, 0.4) is 0 Å². The van der Waals surface area contributed by atoms with E-state index in [9.17, 15) is 9.59 Å². The molecule has 4 aromatic rings. The SMILES string of the molecule is COC(=O)NC(C(=O)N1CC2(CC2)CC1c1ncc(-c2ccc3cc(-c4ccc(C5=CN=C(C6C7CCC(C7)N6C)CC5)cc4)ccc3c2)[nH]1)C(C)C. The first-order chi connectivity index (χ1) is 25.7. The van der Waals surface area contributed by atoms with Gasteiger partial charge in [-0.25, -0.2) is 9.78 Å². The number of carbonyl (C=O) groups is 2. The van der Waals surface area contributed by atoms with Crippen molar-refractivity contribution < 1.29 is 14.3 Å². The zero-order chi connectivity index (χ0) is 36.4. The Balaban J connectivity index is 0.899. The number of methoxy groups -OCH3 is 1. The maximum atomic E-state index is 13.9. The summed E-state index contributed by atoms with van der Waals surface area (Å²) in [6.07, 6.45) is 12.7. The number of nitrogens with one attached hydrogen (secondary N) is 2. The van der Waals surface area contributed by atoms with Gasteiger partial charge in [-0.1, -0.05) is 62.4 Å².